The molecule has 0 bridgehead atoms. The van der Waals surface area contributed by atoms with Gasteiger partial charge in [0.2, 0.25) is 35.4 Å². The molecule has 3 heterocycles. The van der Waals surface area contributed by atoms with E-state index in [9.17, 15) is 74.4 Å². The summed E-state index contributed by atoms with van der Waals surface area (Å²) in [5.41, 5.74) is 3.50. The molecule has 478 valence electrons. The number of aliphatic hydroxyl groups excluding tert-OH is 7. The highest BCUT2D eigenvalue weighted by atomic mass is 28.3. The van der Waals surface area contributed by atoms with E-state index in [1.165, 1.54) is 43.3 Å². The van der Waals surface area contributed by atoms with Crippen molar-refractivity contribution < 1.29 is 83.9 Å². The zero-order valence-electron chi connectivity index (χ0n) is 50.6. The van der Waals surface area contributed by atoms with Crippen LogP contribution in [0.4, 0.5) is 0 Å². The first-order valence-electron chi connectivity index (χ1n) is 29.9. The molecule has 13 N–H and O–H groups in total. The number of ether oxygens (including phenoxy) is 2. The third-order valence-electron chi connectivity index (χ3n) is 16.2. The number of benzene rings is 4. The highest BCUT2D eigenvalue weighted by Gasteiger charge is 2.50. The van der Waals surface area contributed by atoms with E-state index < -0.39 is 160 Å². The molecule has 0 radical (unpaired) electrons. The molecule has 3 aliphatic heterocycles. The first kappa shape index (κ1) is 68.2. The minimum absolute atomic E-state index is 0.0527. The van der Waals surface area contributed by atoms with E-state index in [-0.39, 0.29) is 30.0 Å². The molecule has 3 aliphatic rings. The van der Waals surface area contributed by atoms with Crippen molar-refractivity contribution in [1.82, 2.24) is 36.4 Å². The summed E-state index contributed by atoms with van der Waals surface area (Å²) in [5, 5.41) is 103. The molecule has 88 heavy (non-hydrogen) atoms. The third kappa shape index (κ3) is 17.3. The molecule has 0 spiro atoms. The average molecular weight is 1240 g/mol. The second kappa shape index (κ2) is 30.2. The van der Waals surface area contributed by atoms with Gasteiger partial charge in [-0.25, -0.2) is 0 Å². The van der Waals surface area contributed by atoms with E-state index in [2.05, 4.69) is 33.5 Å². The summed E-state index contributed by atoms with van der Waals surface area (Å²) < 4.78 is 12.0. The van der Waals surface area contributed by atoms with Crippen LogP contribution in [0.1, 0.15) is 81.8 Å². The fourth-order valence-electron chi connectivity index (χ4n) is 10.9. The highest BCUT2D eigenvalue weighted by Crippen LogP contribution is 2.30. The fourth-order valence-corrected chi connectivity index (χ4v) is 11.6. The monoisotopic (exact) mass is 1240 g/mol. The maximum Gasteiger partial charge on any atom is 0.251 e. The van der Waals surface area contributed by atoms with Gasteiger partial charge in [0.05, 0.1) is 31.0 Å². The second-order valence-electron chi connectivity index (χ2n) is 24.4. The summed E-state index contributed by atoms with van der Waals surface area (Å²) in [6.07, 6.45) is -12.5. The maximum absolute atomic E-state index is 14.8. The molecule has 0 aromatic heterocycles. The number of carbonyl (C=O) groups is 7. The molecule has 15 atom stereocenters. The lowest BCUT2D eigenvalue weighted by molar-refractivity contribution is -0.149. The molecular formula is C63H85N7O17Si. The van der Waals surface area contributed by atoms with Crippen molar-refractivity contribution in [3.63, 3.8) is 0 Å². The minimum Gasteiger partial charge on any atom is -0.508 e. The molecule has 4 aromatic rings. The van der Waals surface area contributed by atoms with Crippen LogP contribution in [-0.2, 0) is 33.5 Å². The average Bonchev–Trinajstić information content (AvgIpc) is 2.08. The van der Waals surface area contributed by atoms with Crippen molar-refractivity contribution in [1.29, 1.82) is 0 Å². The van der Waals surface area contributed by atoms with Gasteiger partial charge >= 0.3 is 0 Å². The Bertz CT molecular complexity index is 3040. The summed E-state index contributed by atoms with van der Waals surface area (Å²) >= 11 is 0. The molecule has 7 rings (SSSR count). The van der Waals surface area contributed by atoms with Crippen LogP contribution in [-0.4, -0.2) is 205 Å². The van der Waals surface area contributed by atoms with E-state index in [0.717, 1.165) is 70.9 Å². The van der Waals surface area contributed by atoms with Crippen molar-refractivity contribution in [3.05, 3.63) is 108 Å². The van der Waals surface area contributed by atoms with E-state index >= 15 is 0 Å². The van der Waals surface area contributed by atoms with Gasteiger partial charge in [0.1, 0.15) is 66.1 Å². The lowest BCUT2D eigenvalue weighted by atomic mass is 9.96. The molecular weight excluding hydrogens is 1150 g/mol. The summed E-state index contributed by atoms with van der Waals surface area (Å²) in [4.78, 5) is 104. The topological polar surface area (TPSA) is 366 Å². The van der Waals surface area contributed by atoms with Gasteiger partial charge in [-0.1, -0.05) is 107 Å². The zero-order chi connectivity index (χ0) is 64.3. The number of unbranched alkanes of at least 4 members (excludes halogenated alkanes) is 2. The lowest BCUT2D eigenvalue weighted by Crippen LogP contribution is -2.64. The largest absolute Gasteiger partial charge is 0.508 e. The number of rotatable bonds is 18. The minimum atomic E-state index is -2.28. The molecule has 3 saturated heterocycles. The molecule has 0 saturated carbocycles. The number of hydrogen-bond acceptors (Lipinski definition) is 17. The summed E-state index contributed by atoms with van der Waals surface area (Å²) in [5.74, 6) is -8.17. The van der Waals surface area contributed by atoms with Crippen molar-refractivity contribution in [2.75, 3.05) is 26.3 Å². The Labute approximate surface area is 512 Å². The molecule has 24 nitrogen and oxygen atoms in total. The molecule has 7 amide bonds. The van der Waals surface area contributed by atoms with Crippen LogP contribution in [0.25, 0.3) is 22.3 Å². The van der Waals surface area contributed by atoms with Crippen LogP contribution in [0.2, 0.25) is 25.7 Å². The molecule has 3 fully saturated rings. The number of fused-ring (bicyclic) bond motifs is 2. The highest BCUT2D eigenvalue weighted by molar-refractivity contribution is 6.76. The van der Waals surface area contributed by atoms with Crippen molar-refractivity contribution in [3.8, 4) is 33.8 Å². The number of phenolic OH excluding ortho intramolecular Hbond substituents is 1. The summed E-state index contributed by atoms with van der Waals surface area (Å²) in [7, 11) is -1.90. The maximum atomic E-state index is 14.8. The van der Waals surface area contributed by atoms with Gasteiger partial charge in [0.15, 0.2) is 6.23 Å². The lowest BCUT2D eigenvalue weighted by Gasteiger charge is -2.34. The van der Waals surface area contributed by atoms with Crippen LogP contribution in [0.5, 0.6) is 11.5 Å². The van der Waals surface area contributed by atoms with E-state index in [1.54, 1.807) is 12.1 Å². The summed E-state index contributed by atoms with van der Waals surface area (Å²) in [6.45, 7) is 11.8. The number of aliphatic hydroxyl groups is 7. The Morgan fingerprint density at radius 1 is 0.648 bits per heavy atom. The number of phenols is 1. The van der Waals surface area contributed by atoms with E-state index in [4.69, 9.17) is 9.47 Å². The van der Waals surface area contributed by atoms with Crippen LogP contribution in [0.15, 0.2) is 97.1 Å². The zero-order valence-corrected chi connectivity index (χ0v) is 51.6. The first-order valence-corrected chi connectivity index (χ1v) is 33.6. The number of hydrogen-bond donors (Lipinski definition) is 13. The molecule has 1 unspecified atom stereocenters. The van der Waals surface area contributed by atoms with Crippen LogP contribution in [0, 0.1) is 5.92 Å². The van der Waals surface area contributed by atoms with E-state index in [0.29, 0.717) is 12.7 Å². The van der Waals surface area contributed by atoms with Gasteiger partial charge in [0.25, 0.3) is 5.91 Å². The predicted molar refractivity (Wildman–Crippen MR) is 325 cm³/mol. The number of nitrogens with zero attached hydrogens (tertiary/aromatic N) is 2. The quantitative estimate of drug-likeness (QED) is 0.0495. The Kier molecular flexibility index (Phi) is 23.4. The van der Waals surface area contributed by atoms with Gasteiger partial charge in [-0.05, 0) is 90.5 Å². The second-order valence-corrected chi connectivity index (χ2v) is 30.1. The summed E-state index contributed by atoms with van der Waals surface area (Å²) in [6, 6.07) is 15.9. The van der Waals surface area contributed by atoms with Gasteiger partial charge in [-0.2, -0.15) is 0 Å². The number of amides is 7. The van der Waals surface area contributed by atoms with Gasteiger partial charge in [-0.15, -0.1) is 0 Å². The van der Waals surface area contributed by atoms with Crippen LogP contribution < -0.4 is 31.3 Å². The molecule has 25 heteroatoms. The van der Waals surface area contributed by atoms with E-state index in [1.807, 2.05) is 68.2 Å². The van der Waals surface area contributed by atoms with Gasteiger partial charge in [0, 0.05) is 52.1 Å². The Morgan fingerprint density at radius 3 is 1.74 bits per heavy atom. The number of nitrogens with one attached hydrogen (secondary N) is 5. The van der Waals surface area contributed by atoms with Crippen LogP contribution >= 0.6 is 0 Å². The number of aromatic hydroxyl groups is 1. The van der Waals surface area contributed by atoms with Crippen molar-refractivity contribution in [2.45, 2.75) is 171 Å². The first-order chi connectivity index (χ1) is 41.6. The predicted octanol–water partition coefficient (Wildman–Crippen LogP) is 1.44. The number of carbonyl (C=O) groups excluding carboxylic acids is 7. The molecule has 4 aromatic carbocycles. The molecule has 0 aliphatic carbocycles. The smallest absolute Gasteiger partial charge is 0.251 e. The van der Waals surface area contributed by atoms with Gasteiger partial charge in [-0.3, -0.25) is 33.6 Å². The van der Waals surface area contributed by atoms with Crippen molar-refractivity contribution >= 4 is 49.4 Å². The Hall–Kier alpha value is -7.33. The fraction of sp³-hybridized carbons (Fsp3) is 0.508. The normalized spacial score (nSPS) is 26.7. The SMILES string of the molecule is CCCCCOc1ccc(-c2ccc(-c3ccc(C(=O)NC4C[C@@H](O)[C@@H](OCC[Si](C)(C)C)NC(=O)[C@@H]5[C@@H](O)[C@@H](C)CN5C(=O)[C@H]([C@@H](C)O)NC(=O)[C@H]([C@H](O)[C@@H](O)c5ccc(O)cc5)NC(=O)[C@@H]5C[C@@H](O)CN5C(=O)[C@H]([C@@H](C)O)NC4=O)cc3)cc2)cc1. The Balaban J connectivity index is 1.23. The van der Waals surface area contributed by atoms with Crippen LogP contribution in [0.3, 0.4) is 0 Å². The van der Waals surface area contributed by atoms with Gasteiger partial charge < -0.3 is 86.7 Å². The van der Waals surface area contributed by atoms with Crippen molar-refractivity contribution in [2.24, 2.45) is 5.92 Å². The standard InChI is InChI=1S/C63H85N7O17Si/c1-8-9-10-27-86-45-25-21-40(22-26-45)38-13-11-37(12-14-38)39-15-17-42(18-16-39)56(79)64-46-31-48(75)61(87-28-29-88(5,6)7)68-60(83)52-53(76)34(2)32-70(52)63(85)50(36(4)72)66-59(82)51(55(78)54(77)41-19-23-43(73)24-20-41)67-58(81)47-30-44(74)33-69(47)62(84)49(35(3)71)65-57(46)80/h11-26,34-36,44,46-55,61,71-78H,8-10,27-33H2,1-7H3,(H,64,79)(H,65,80)(H,66,82)(H,67,81)(H,68,83)/t34-,35+,36+,44+,46?,47-,48+,49-,50-,51-,52-,53-,54-,55-,61+/m0/s1. The Morgan fingerprint density at radius 2 is 1.18 bits per heavy atom. The third-order valence-corrected chi connectivity index (χ3v) is 17.9.